The van der Waals surface area contributed by atoms with Crippen molar-refractivity contribution < 1.29 is 9.59 Å². The highest BCUT2D eigenvalue weighted by atomic mass is 16.2. The monoisotopic (exact) mass is 241 g/mol. The number of benzene rings is 1. The van der Waals surface area contributed by atoms with Crippen LogP contribution in [0.2, 0.25) is 0 Å². The van der Waals surface area contributed by atoms with Crippen molar-refractivity contribution >= 4 is 25.0 Å². The predicted octanol–water partition coefficient (Wildman–Crippen LogP) is 1.78. The maximum absolute atomic E-state index is 11.6. The van der Waals surface area contributed by atoms with Gasteiger partial charge in [0.25, 0.3) is 5.91 Å². The summed E-state index contributed by atoms with van der Waals surface area (Å²) in [6.07, 6.45) is 0. The molecular weight excluding hydrogens is 225 g/mol. The van der Waals surface area contributed by atoms with Crippen molar-refractivity contribution in [1.29, 1.82) is 0 Å². The second-order valence-corrected chi connectivity index (χ2v) is 4.41. The summed E-state index contributed by atoms with van der Waals surface area (Å²) in [5.74, 6) is 0.0510. The molecule has 1 rings (SSSR count). The number of rotatable bonds is 5. The van der Waals surface area contributed by atoms with Crippen molar-refractivity contribution in [2.24, 2.45) is 5.92 Å². The Bertz CT molecular complexity index is 463. The van der Waals surface area contributed by atoms with E-state index in [0.717, 1.165) is 11.1 Å². The van der Waals surface area contributed by atoms with Gasteiger partial charge in [-0.15, -0.1) is 0 Å². The number of allylic oxidation sites excluding steroid dienone is 1. The van der Waals surface area contributed by atoms with Crippen LogP contribution in [0.4, 0.5) is 0 Å². The highest BCUT2D eigenvalue weighted by molar-refractivity contribution is 6.58. The van der Waals surface area contributed by atoms with Crippen LogP contribution >= 0.6 is 0 Å². The van der Waals surface area contributed by atoms with Crippen LogP contribution in [0.15, 0.2) is 30.8 Å². The summed E-state index contributed by atoms with van der Waals surface area (Å²) in [6, 6.07) is 7.11. The van der Waals surface area contributed by atoms with Gasteiger partial charge in [-0.1, -0.05) is 32.6 Å². The van der Waals surface area contributed by atoms with E-state index in [9.17, 15) is 9.59 Å². The van der Waals surface area contributed by atoms with Crippen LogP contribution in [0.3, 0.4) is 0 Å². The molecule has 1 N–H and O–H groups in total. The van der Waals surface area contributed by atoms with Crippen LogP contribution in [0, 0.1) is 5.92 Å². The molecule has 0 aromatic heterocycles. The van der Waals surface area contributed by atoms with E-state index in [1.807, 2.05) is 12.1 Å². The van der Waals surface area contributed by atoms with Gasteiger partial charge in [0.15, 0.2) is 7.85 Å². The lowest BCUT2D eigenvalue weighted by molar-refractivity contribution is -0.110. The maximum Gasteiger partial charge on any atom is 0.251 e. The lowest BCUT2D eigenvalue weighted by atomic mass is 9.96. The van der Waals surface area contributed by atoms with Crippen LogP contribution in [0.25, 0.3) is 5.57 Å². The highest BCUT2D eigenvalue weighted by Gasteiger charge is 2.07. The molecule has 0 atom stereocenters. The summed E-state index contributed by atoms with van der Waals surface area (Å²) in [5.41, 5.74) is 1.97. The largest absolute Gasteiger partial charge is 0.346 e. The third kappa shape index (κ3) is 3.88. The first-order valence-electron chi connectivity index (χ1n) is 5.77. The molecule has 0 heterocycles. The molecule has 0 unspecified atom stereocenters. The lowest BCUT2D eigenvalue weighted by Crippen LogP contribution is -2.29. The van der Waals surface area contributed by atoms with Crippen molar-refractivity contribution in [3.63, 3.8) is 0 Å². The van der Waals surface area contributed by atoms with Crippen LogP contribution in [0.5, 0.6) is 0 Å². The number of carbonyl (C=O) groups excluding carboxylic acids is 2. The van der Waals surface area contributed by atoms with E-state index >= 15 is 0 Å². The Hall–Kier alpha value is -1.84. The zero-order valence-electron chi connectivity index (χ0n) is 10.7. The van der Waals surface area contributed by atoms with Gasteiger partial charge in [-0.25, -0.2) is 0 Å². The van der Waals surface area contributed by atoms with E-state index < -0.39 is 5.68 Å². The van der Waals surface area contributed by atoms with Crippen LogP contribution in [-0.2, 0) is 4.79 Å². The summed E-state index contributed by atoms with van der Waals surface area (Å²) in [7, 11) is 4.95. The van der Waals surface area contributed by atoms with E-state index in [1.54, 1.807) is 12.1 Å². The molecule has 3 nitrogen and oxygen atoms in total. The molecule has 0 saturated heterocycles. The fraction of sp³-hybridized carbons (Fsp3) is 0.286. The number of carbonyl (C=O) groups is 2. The quantitative estimate of drug-likeness (QED) is 0.798. The predicted molar refractivity (Wildman–Crippen MR) is 73.4 cm³/mol. The second kappa shape index (κ2) is 6.19. The molecule has 1 aromatic rings. The van der Waals surface area contributed by atoms with Gasteiger partial charge in [-0.3, -0.25) is 4.79 Å². The summed E-state index contributed by atoms with van der Waals surface area (Å²) >= 11 is 0. The topological polar surface area (TPSA) is 46.2 Å². The molecule has 1 amide bonds. The molecule has 18 heavy (non-hydrogen) atoms. The SMILES string of the molecule is [B]C(=O)CNC(=O)c1ccc(C(=C)C(C)C)cc1. The standard InChI is InChI=1S/C14H16BNO2/c1-9(2)10(3)11-4-6-12(7-5-11)14(18)16-8-13(15)17/h4-7,9H,3,8H2,1-2H3,(H,16,18). The smallest absolute Gasteiger partial charge is 0.251 e. The molecule has 0 aliphatic heterocycles. The van der Waals surface area contributed by atoms with E-state index in [4.69, 9.17) is 7.85 Å². The molecule has 92 valence electrons. The summed E-state index contributed by atoms with van der Waals surface area (Å²) in [6.45, 7) is 7.97. The Morgan fingerprint density at radius 3 is 2.17 bits per heavy atom. The van der Waals surface area contributed by atoms with Crippen molar-refractivity contribution in [3.05, 3.63) is 42.0 Å². The number of amides is 1. The Kier molecular flexibility index (Phi) is 4.90. The molecule has 0 fully saturated rings. The normalized spacial score (nSPS) is 10.2. The first-order valence-corrected chi connectivity index (χ1v) is 5.77. The van der Waals surface area contributed by atoms with Gasteiger partial charge in [0.1, 0.15) is 0 Å². The second-order valence-electron chi connectivity index (χ2n) is 4.41. The van der Waals surface area contributed by atoms with Gasteiger partial charge in [0.2, 0.25) is 0 Å². The van der Waals surface area contributed by atoms with Gasteiger partial charge in [-0.2, -0.15) is 0 Å². The Labute approximate surface area is 109 Å². The molecular formula is C14H16BNO2. The number of hydrogen-bond acceptors (Lipinski definition) is 2. The Morgan fingerprint density at radius 2 is 1.72 bits per heavy atom. The minimum atomic E-state index is -0.562. The zero-order chi connectivity index (χ0) is 13.7. The van der Waals surface area contributed by atoms with Gasteiger partial charge >= 0.3 is 0 Å². The first-order chi connectivity index (χ1) is 8.41. The number of nitrogens with one attached hydrogen (secondary N) is 1. The molecule has 0 saturated carbocycles. The van der Waals surface area contributed by atoms with E-state index in [0.29, 0.717) is 11.5 Å². The molecule has 4 heteroatoms. The van der Waals surface area contributed by atoms with Gasteiger partial charge in [0.05, 0.1) is 12.2 Å². The van der Waals surface area contributed by atoms with Crippen LogP contribution < -0.4 is 5.32 Å². The highest BCUT2D eigenvalue weighted by Crippen LogP contribution is 2.20. The fourth-order valence-corrected chi connectivity index (χ4v) is 1.44. The molecule has 0 spiro atoms. The molecule has 0 bridgehead atoms. The summed E-state index contributed by atoms with van der Waals surface area (Å²) < 4.78 is 0. The summed E-state index contributed by atoms with van der Waals surface area (Å²) in [4.78, 5) is 22.2. The van der Waals surface area contributed by atoms with Gasteiger partial charge < -0.3 is 10.1 Å². The third-order valence-corrected chi connectivity index (χ3v) is 2.64. The van der Waals surface area contributed by atoms with Crippen LogP contribution in [0.1, 0.15) is 29.8 Å². The maximum atomic E-state index is 11.6. The Morgan fingerprint density at radius 1 is 1.22 bits per heavy atom. The van der Waals surface area contributed by atoms with E-state index in [-0.39, 0.29) is 12.5 Å². The van der Waals surface area contributed by atoms with Crippen molar-refractivity contribution in [2.75, 3.05) is 6.54 Å². The molecule has 2 radical (unpaired) electrons. The third-order valence-electron chi connectivity index (χ3n) is 2.64. The minimum absolute atomic E-state index is 0.153. The van der Waals surface area contributed by atoms with Crippen LogP contribution in [-0.4, -0.2) is 26.0 Å². The van der Waals surface area contributed by atoms with Crippen molar-refractivity contribution in [1.82, 2.24) is 5.32 Å². The molecule has 1 aromatic carbocycles. The number of hydrogen-bond donors (Lipinski definition) is 1. The molecule has 0 aliphatic carbocycles. The minimum Gasteiger partial charge on any atom is -0.346 e. The zero-order valence-corrected chi connectivity index (χ0v) is 10.7. The average Bonchev–Trinajstić information content (AvgIpc) is 2.35. The Balaban J connectivity index is 2.73. The van der Waals surface area contributed by atoms with Gasteiger partial charge in [0, 0.05) is 5.56 Å². The van der Waals surface area contributed by atoms with Gasteiger partial charge in [-0.05, 0) is 29.2 Å². The van der Waals surface area contributed by atoms with Crippen molar-refractivity contribution in [2.45, 2.75) is 13.8 Å². The van der Waals surface area contributed by atoms with E-state index in [2.05, 4.69) is 25.7 Å². The first kappa shape index (κ1) is 14.2. The lowest BCUT2D eigenvalue weighted by Gasteiger charge is -2.10. The molecule has 0 aliphatic rings. The average molecular weight is 241 g/mol. The van der Waals surface area contributed by atoms with Crippen molar-refractivity contribution in [3.8, 4) is 0 Å². The fourth-order valence-electron chi connectivity index (χ4n) is 1.44. The summed E-state index contributed by atoms with van der Waals surface area (Å²) in [5, 5.41) is 2.43. The van der Waals surface area contributed by atoms with E-state index in [1.165, 1.54) is 0 Å².